The summed E-state index contributed by atoms with van der Waals surface area (Å²) in [4.78, 5) is 27.0. The monoisotopic (exact) mass is 1300 g/mol. The number of aromatic nitrogens is 6. The highest BCUT2D eigenvalue weighted by Gasteiger charge is 2.24. The molecule has 10 aromatic carbocycles. The Hall–Kier alpha value is -13.3. The molecule has 0 N–H and O–H groups in total. The lowest BCUT2D eigenvalue weighted by molar-refractivity contribution is 0.462. The van der Waals surface area contributed by atoms with Crippen molar-refractivity contribution in [2.24, 2.45) is 0 Å². The van der Waals surface area contributed by atoms with E-state index in [4.69, 9.17) is 19.4 Å². The standard InChI is InChI=1S/C93H66N6O2/c1-93(2,87-29-33-89(34-30-87)100-91-37-27-79(61-98-91)68-16-7-22-74(50-68)85-53-81(70-18-3-12-64(46-70)63-39-44-94-45-40-63)52-82(55-85)71-19-4-13-65(47-71)76-24-9-41-95-58-76)88-31-35-90(36-32-88)101-92-38-28-80(62-99-92)69-17-8-23-75(51-69)86-56-83(72-20-5-14-66(48-72)77-25-10-42-96-59-77)54-84(57-86)73-21-6-15-67(49-73)78-26-11-43-97-60-78/h3-62H,1-2H3. The highest BCUT2D eigenvalue weighted by Crippen LogP contribution is 2.41. The third kappa shape index (κ3) is 14.0. The van der Waals surface area contributed by atoms with Gasteiger partial charge in [0.25, 0.3) is 0 Å². The van der Waals surface area contributed by atoms with Gasteiger partial charge in [0.1, 0.15) is 11.5 Å². The highest BCUT2D eigenvalue weighted by atomic mass is 16.5. The van der Waals surface area contributed by atoms with Crippen molar-refractivity contribution in [2.75, 3.05) is 0 Å². The summed E-state index contributed by atoms with van der Waals surface area (Å²) in [6, 6.07) is 107. The van der Waals surface area contributed by atoms with Gasteiger partial charge < -0.3 is 9.47 Å². The predicted molar refractivity (Wildman–Crippen MR) is 410 cm³/mol. The maximum Gasteiger partial charge on any atom is 0.219 e. The average molecular weight is 1300 g/mol. The van der Waals surface area contributed by atoms with Gasteiger partial charge in [0.2, 0.25) is 11.8 Å². The van der Waals surface area contributed by atoms with Crippen molar-refractivity contribution >= 4 is 0 Å². The molecule has 16 aromatic rings. The van der Waals surface area contributed by atoms with Crippen molar-refractivity contribution in [2.45, 2.75) is 19.3 Å². The van der Waals surface area contributed by atoms with E-state index in [1.54, 1.807) is 0 Å². The molecule has 0 bridgehead atoms. The maximum absolute atomic E-state index is 6.37. The number of hydrogen-bond donors (Lipinski definition) is 0. The predicted octanol–water partition coefficient (Wildman–Crippen LogP) is 24.0. The quantitative estimate of drug-likeness (QED) is 0.0838. The number of nitrogens with zero attached hydrogens (tertiary/aromatic N) is 6. The largest absolute Gasteiger partial charge is 0.439 e. The SMILES string of the molecule is CC(C)(c1ccc(Oc2ccc(-c3cccc(-c4cc(-c5cccc(-c6ccncc6)c5)cc(-c5cccc(-c6cccnc6)c5)c4)c3)cn2)cc1)c1ccc(Oc2ccc(-c3cccc(-c4cc(-c5cccc(-c6cccnc6)c5)cc(-c5cccc(-c6cccnc6)c5)c4)c3)cn2)cc1. The van der Waals surface area contributed by atoms with Crippen LogP contribution in [0.3, 0.4) is 0 Å². The van der Waals surface area contributed by atoms with Crippen LogP contribution in [0.5, 0.6) is 23.3 Å². The molecule has 16 rings (SSSR count). The topological polar surface area (TPSA) is 95.8 Å². The summed E-state index contributed by atoms with van der Waals surface area (Å²) in [5, 5.41) is 0. The lowest BCUT2D eigenvalue weighted by atomic mass is 9.78. The van der Waals surface area contributed by atoms with E-state index in [0.717, 1.165) is 145 Å². The van der Waals surface area contributed by atoms with Crippen LogP contribution in [0.1, 0.15) is 25.0 Å². The number of hydrogen-bond acceptors (Lipinski definition) is 8. The van der Waals surface area contributed by atoms with E-state index < -0.39 is 0 Å². The lowest BCUT2D eigenvalue weighted by Gasteiger charge is -2.26. The minimum atomic E-state index is -0.320. The minimum absolute atomic E-state index is 0.320. The van der Waals surface area contributed by atoms with Crippen LogP contribution in [-0.2, 0) is 5.41 Å². The molecule has 0 radical (unpaired) electrons. The first-order chi connectivity index (χ1) is 49.7. The fourth-order valence-corrected chi connectivity index (χ4v) is 13.2. The minimum Gasteiger partial charge on any atom is -0.439 e. The van der Waals surface area contributed by atoms with Gasteiger partial charge in [-0.2, -0.15) is 0 Å². The van der Waals surface area contributed by atoms with Crippen molar-refractivity contribution in [3.63, 3.8) is 0 Å². The second-order valence-corrected chi connectivity index (χ2v) is 25.7. The van der Waals surface area contributed by atoms with Gasteiger partial charge in [-0.3, -0.25) is 19.9 Å². The van der Waals surface area contributed by atoms with Crippen LogP contribution in [0.15, 0.2) is 365 Å². The third-order valence-corrected chi connectivity index (χ3v) is 18.8. The summed E-state index contributed by atoms with van der Waals surface area (Å²) in [5.74, 6) is 2.43. The smallest absolute Gasteiger partial charge is 0.219 e. The number of benzene rings is 10. The van der Waals surface area contributed by atoms with Crippen LogP contribution in [0.25, 0.3) is 134 Å². The van der Waals surface area contributed by atoms with E-state index in [-0.39, 0.29) is 5.41 Å². The van der Waals surface area contributed by atoms with E-state index >= 15 is 0 Å². The van der Waals surface area contributed by atoms with Crippen molar-refractivity contribution in [3.05, 3.63) is 376 Å². The molecular weight excluding hydrogens is 1230 g/mol. The Labute approximate surface area is 588 Å². The van der Waals surface area contributed by atoms with E-state index in [0.29, 0.717) is 23.3 Å². The van der Waals surface area contributed by atoms with Crippen LogP contribution in [0, 0.1) is 0 Å². The van der Waals surface area contributed by atoms with E-state index in [9.17, 15) is 0 Å². The molecule has 0 atom stereocenters. The first kappa shape index (κ1) is 62.5. The van der Waals surface area contributed by atoms with Crippen molar-refractivity contribution in [1.29, 1.82) is 0 Å². The number of rotatable bonds is 18. The molecule has 6 heterocycles. The van der Waals surface area contributed by atoms with Gasteiger partial charge in [-0.25, -0.2) is 9.97 Å². The van der Waals surface area contributed by atoms with Gasteiger partial charge in [-0.05, 0) is 256 Å². The molecule has 0 spiro atoms. The maximum atomic E-state index is 6.37. The van der Waals surface area contributed by atoms with Gasteiger partial charge in [0.15, 0.2) is 0 Å². The van der Waals surface area contributed by atoms with Gasteiger partial charge in [0.05, 0.1) is 0 Å². The van der Waals surface area contributed by atoms with Crippen LogP contribution >= 0.6 is 0 Å². The number of pyridine rings is 6. The Morgan fingerprint density at radius 2 is 0.446 bits per heavy atom. The molecule has 0 fully saturated rings. The Balaban J connectivity index is 0.587. The first-order valence-corrected chi connectivity index (χ1v) is 33.8. The Morgan fingerprint density at radius 1 is 0.198 bits per heavy atom. The van der Waals surface area contributed by atoms with E-state index in [2.05, 4.69) is 270 Å². The third-order valence-electron chi connectivity index (χ3n) is 18.8. The van der Waals surface area contributed by atoms with Crippen molar-refractivity contribution in [3.8, 4) is 157 Å². The molecule has 8 nitrogen and oxygen atoms in total. The highest BCUT2D eigenvalue weighted by molar-refractivity contribution is 5.88. The molecule has 0 amide bonds. The number of ether oxygens (including phenoxy) is 2. The average Bonchev–Trinajstić information content (AvgIpc) is 0.802. The van der Waals surface area contributed by atoms with Crippen LogP contribution in [0.2, 0.25) is 0 Å². The molecule has 0 aliphatic carbocycles. The normalized spacial score (nSPS) is 11.3. The molecular formula is C93H66N6O2. The molecule has 0 saturated carbocycles. The first-order valence-electron chi connectivity index (χ1n) is 33.8. The van der Waals surface area contributed by atoms with Gasteiger partial charge >= 0.3 is 0 Å². The molecule has 8 heteroatoms. The second-order valence-electron chi connectivity index (χ2n) is 25.7. The molecule has 0 aliphatic rings. The Morgan fingerprint density at radius 3 is 0.703 bits per heavy atom. The van der Waals surface area contributed by atoms with Crippen LogP contribution in [0.4, 0.5) is 0 Å². The van der Waals surface area contributed by atoms with Crippen LogP contribution < -0.4 is 9.47 Å². The van der Waals surface area contributed by atoms with E-state index in [1.807, 2.05) is 129 Å². The Bertz CT molecular complexity index is 5030. The zero-order chi connectivity index (χ0) is 67.9. The molecule has 0 unspecified atom stereocenters. The van der Waals surface area contributed by atoms with Gasteiger partial charge in [0, 0.05) is 107 Å². The summed E-state index contributed by atoms with van der Waals surface area (Å²) in [7, 11) is 0. The molecule has 0 saturated heterocycles. The zero-order valence-electron chi connectivity index (χ0n) is 55.6. The lowest BCUT2D eigenvalue weighted by Crippen LogP contribution is -2.18. The fourth-order valence-electron chi connectivity index (χ4n) is 13.2. The fraction of sp³-hybridized carbons (Fsp3) is 0.0323. The molecule has 0 aliphatic heterocycles. The molecule has 6 aromatic heterocycles. The Kier molecular flexibility index (Phi) is 17.4. The van der Waals surface area contributed by atoms with Gasteiger partial charge in [-0.1, -0.05) is 166 Å². The molecule has 480 valence electrons. The summed E-state index contributed by atoms with van der Waals surface area (Å²) in [6.07, 6.45) is 18.6. The van der Waals surface area contributed by atoms with E-state index in [1.165, 1.54) is 0 Å². The summed E-state index contributed by atoms with van der Waals surface area (Å²) in [5.41, 5.74) is 28.2. The summed E-state index contributed by atoms with van der Waals surface area (Å²) in [6.45, 7) is 4.46. The van der Waals surface area contributed by atoms with Crippen LogP contribution in [-0.4, -0.2) is 29.9 Å². The summed E-state index contributed by atoms with van der Waals surface area (Å²) >= 11 is 0. The second kappa shape index (κ2) is 28.0. The zero-order valence-corrected chi connectivity index (χ0v) is 55.6. The van der Waals surface area contributed by atoms with Crippen molar-refractivity contribution in [1.82, 2.24) is 29.9 Å². The summed E-state index contributed by atoms with van der Waals surface area (Å²) < 4.78 is 12.7. The molecule has 101 heavy (non-hydrogen) atoms. The van der Waals surface area contributed by atoms with Gasteiger partial charge in [-0.15, -0.1) is 0 Å². The van der Waals surface area contributed by atoms with Crippen molar-refractivity contribution < 1.29 is 9.47 Å².